The number of hydrogen-bond donors (Lipinski definition) is 1. The Morgan fingerprint density at radius 1 is 1.28 bits per heavy atom. The fourth-order valence-electron chi connectivity index (χ4n) is 1.50. The molecule has 0 aliphatic rings. The highest BCUT2D eigenvalue weighted by Gasteiger charge is 2.35. The molecule has 2 aromatic heterocycles. The van der Waals surface area contributed by atoms with Crippen LogP contribution in [0.1, 0.15) is 21.5 Å². The van der Waals surface area contributed by atoms with Crippen LogP contribution in [0.5, 0.6) is 0 Å². The van der Waals surface area contributed by atoms with E-state index in [0.29, 0.717) is 16.2 Å². The Hall–Kier alpha value is -1.54. The van der Waals surface area contributed by atoms with Crippen molar-refractivity contribution in [2.45, 2.75) is 12.2 Å². The molecule has 0 aromatic carbocycles. The first-order valence-corrected chi connectivity index (χ1v) is 5.81. The number of aromatic nitrogens is 3. The highest BCUT2D eigenvalue weighted by Crippen LogP contribution is 2.35. The maximum Gasteiger partial charge on any atom is 0.443 e. The monoisotopic (exact) mass is 274 g/mol. The first-order valence-electron chi connectivity index (χ1n) is 4.99. The minimum atomic E-state index is -4.41. The van der Waals surface area contributed by atoms with E-state index in [-0.39, 0.29) is 6.04 Å². The zero-order valence-electron chi connectivity index (χ0n) is 9.27. The molecule has 0 amide bonds. The minimum absolute atomic E-state index is 0.367. The Balaban J connectivity index is 2.32. The topological polar surface area (TPSA) is 50.7 Å². The number of hydrogen-bond acceptors (Lipinski definition) is 5. The Labute approximate surface area is 105 Å². The second-order valence-corrected chi connectivity index (χ2v) is 4.53. The second-order valence-electron chi connectivity index (χ2n) is 3.46. The van der Waals surface area contributed by atoms with E-state index < -0.39 is 11.2 Å². The van der Waals surface area contributed by atoms with Crippen molar-refractivity contribution in [3.05, 3.63) is 40.1 Å². The van der Waals surface area contributed by atoms with Gasteiger partial charge in [0, 0.05) is 17.3 Å². The van der Waals surface area contributed by atoms with Crippen LogP contribution >= 0.6 is 11.3 Å². The third kappa shape index (κ3) is 2.65. The van der Waals surface area contributed by atoms with Gasteiger partial charge in [-0.1, -0.05) is 0 Å². The summed E-state index contributed by atoms with van der Waals surface area (Å²) in [6, 6.07) is 1.33. The maximum atomic E-state index is 12.5. The summed E-state index contributed by atoms with van der Waals surface area (Å²) in [5.74, 6) is 0. The molecule has 0 aliphatic carbocycles. The van der Waals surface area contributed by atoms with Crippen LogP contribution in [-0.2, 0) is 6.18 Å². The molecule has 0 spiro atoms. The zero-order valence-corrected chi connectivity index (χ0v) is 10.1. The Morgan fingerprint density at radius 3 is 2.56 bits per heavy atom. The number of alkyl halides is 3. The minimum Gasteiger partial charge on any atom is -0.309 e. The van der Waals surface area contributed by atoms with Crippen LogP contribution in [0.4, 0.5) is 13.2 Å². The summed E-state index contributed by atoms with van der Waals surface area (Å²) in [6.07, 6.45) is -0.174. The molecule has 8 heteroatoms. The third-order valence-electron chi connectivity index (χ3n) is 2.28. The molecule has 4 nitrogen and oxygen atoms in total. The van der Waals surface area contributed by atoms with E-state index in [4.69, 9.17) is 0 Å². The van der Waals surface area contributed by atoms with Gasteiger partial charge < -0.3 is 5.32 Å². The van der Waals surface area contributed by atoms with Gasteiger partial charge in [-0.3, -0.25) is 0 Å². The lowest BCUT2D eigenvalue weighted by atomic mass is 10.1. The molecular weight excluding hydrogens is 265 g/mol. The van der Waals surface area contributed by atoms with Crippen LogP contribution in [0.3, 0.4) is 0 Å². The third-order valence-corrected chi connectivity index (χ3v) is 3.39. The number of nitrogens with zero attached hydrogens (tertiary/aromatic N) is 3. The van der Waals surface area contributed by atoms with E-state index in [2.05, 4.69) is 20.5 Å². The Morgan fingerprint density at radius 2 is 2.06 bits per heavy atom. The van der Waals surface area contributed by atoms with Crippen molar-refractivity contribution < 1.29 is 13.2 Å². The molecule has 2 rings (SSSR count). The lowest BCUT2D eigenvalue weighted by Crippen LogP contribution is -2.16. The summed E-state index contributed by atoms with van der Waals surface area (Å²) in [4.78, 5) is 3.88. The van der Waals surface area contributed by atoms with E-state index >= 15 is 0 Å². The number of thiazole rings is 1. The van der Waals surface area contributed by atoms with Crippen molar-refractivity contribution in [1.29, 1.82) is 0 Å². The van der Waals surface area contributed by atoms with Gasteiger partial charge in [0.25, 0.3) is 0 Å². The molecule has 0 bridgehead atoms. The molecule has 0 aliphatic heterocycles. The van der Waals surface area contributed by atoms with E-state index in [9.17, 15) is 13.2 Å². The molecule has 1 unspecified atom stereocenters. The molecule has 18 heavy (non-hydrogen) atoms. The lowest BCUT2D eigenvalue weighted by molar-refractivity contribution is -0.137. The van der Waals surface area contributed by atoms with Crippen LogP contribution in [0.25, 0.3) is 0 Å². The first kappa shape index (κ1) is 12.9. The van der Waals surface area contributed by atoms with Gasteiger partial charge in [-0.2, -0.15) is 23.4 Å². The smallest absolute Gasteiger partial charge is 0.309 e. The van der Waals surface area contributed by atoms with Crippen LogP contribution < -0.4 is 5.32 Å². The predicted octanol–water partition coefficient (Wildman–Crippen LogP) is 2.26. The highest BCUT2D eigenvalue weighted by atomic mass is 32.1. The molecule has 1 N–H and O–H groups in total. The fourth-order valence-corrected chi connectivity index (χ4v) is 2.42. The van der Waals surface area contributed by atoms with Gasteiger partial charge in [-0.25, -0.2) is 4.98 Å². The molecule has 1 atom stereocenters. The molecule has 0 radical (unpaired) electrons. The number of rotatable bonds is 3. The van der Waals surface area contributed by atoms with Crippen molar-refractivity contribution in [3.63, 3.8) is 0 Å². The van der Waals surface area contributed by atoms with E-state index in [1.54, 1.807) is 13.1 Å². The van der Waals surface area contributed by atoms with Gasteiger partial charge in [-0.05, 0) is 18.7 Å². The fraction of sp³-hybridized carbons (Fsp3) is 0.300. The Bertz CT molecular complexity index is 511. The maximum absolute atomic E-state index is 12.5. The van der Waals surface area contributed by atoms with Crippen LogP contribution in [-0.4, -0.2) is 22.2 Å². The van der Waals surface area contributed by atoms with Crippen molar-refractivity contribution in [3.8, 4) is 0 Å². The van der Waals surface area contributed by atoms with Gasteiger partial charge in [0.15, 0.2) is 5.01 Å². The summed E-state index contributed by atoms with van der Waals surface area (Å²) >= 11 is 0.621. The molecule has 2 aromatic rings. The number of nitrogens with one attached hydrogen (secondary N) is 1. The molecule has 0 fully saturated rings. The second kappa shape index (κ2) is 4.99. The van der Waals surface area contributed by atoms with Gasteiger partial charge in [0.05, 0.1) is 12.2 Å². The average molecular weight is 274 g/mol. The van der Waals surface area contributed by atoms with Crippen molar-refractivity contribution in [2.75, 3.05) is 7.05 Å². The van der Waals surface area contributed by atoms with Gasteiger partial charge in [0.2, 0.25) is 0 Å². The van der Waals surface area contributed by atoms with Crippen LogP contribution in [0.15, 0.2) is 24.7 Å². The first-order chi connectivity index (χ1) is 8.52. The normalized spacial score (nSPS) is 13.6. The van der Waals surface area contributed by atoms with E-state index in [0.717, 1.165) is 5.56 Å². The molecule has 0 saturated heterocycles. The summed E-state index contributed by atoms with van der Waals surface area (Å²) < 4.78 is 37.4. The SMILES string of the molecule is CNC(c1ccnnc1)c1cnc(C(F)(F)F)s1. The molecule has 0 saturated carbocycles. The molecule has 96 valence electrons. The van der Waals surface area contributed by atoms with Crippen LogP contribution in [0.2, 0.25) is 0 Å². The summed E-state index contributed by atoms with van der Waals surface area (Å²) in [5, 5.41) is 9.42. The van der Waals surface area contributed by atoms with Crippen molar-refractivity contribution in [1.82, 2.24) is 20.5 Å². The average Bonchev–Trinajstić information content (AvgIpc) is 2.81. The van der Waals surface area contributed by atoms with Crippen LogP contribution in [0, 0.1) is 0 Å². The molecule has 2 heterocycles. The Kier molecular flexibility index (Phi) is 3.58. The largest absolute Gasteiger partial charge is 0.443 e. The standard InChI is InChI=1S/C10H9F3N4S/c1-14-8(6-2-3-16-17-4-6)7-5-15-9(18-7)10(11,12)13/h2-5,8,14H,1H3. The summed E-state index contributed by atoms with van der Waals surface area (Å²) in [5.41, 5.74) is 0.741. The quantitative estimate of drug-likeness (QED) is 0.932. The predicted molar refractivity (Wildman–Crippen MR) is 60.1 cm³/mol. The number of halogens is 3. The highest BCUT2D eigenvalue weighted by molar-refractivity contribution is 7.11. The van der Waals surface area contributed by atoms with Gasteiger partial charge in [0.1, 0.15) is 0 Å². The summed E-state index contributed by atoms with van der Waals surface area (Å²) in [7, 11) is 1.66. The van der Waals surface area contributed by atoms with E-state index in [1.165, 1.54) is 18.6 Å². The van der Waals surface area contributed by atoms with Gasteiger partial charge in [-0.15, -0.1) is 11.3 Å². The van der Waals surface area contributed by atoms with Gasteiger partial charge >= 0.3 is 6.18 Å². The van der Waals surface area contributed by atoms with Crippen molar-refractivity contribution >= 4 is 11.3 Å². The molecular formula is C10H9F3N4S. The summed E-state index contributed by atoms with van der Waals surface area (Å²) in [6.45, 7) is 0. The van der Waals surface area contributed by atoms with Crippen molar-refractivity contribution in [2.24, 2.45) is 0 Å². The van der Waals surface area contributed by atoms with E-state index in [1.807, 2.05) is 0 Å². The zero-order chi connectivity index (χ0) is 13.2. The lowest BCUT2D eigenvalue weighted by Gasteiger charge is -2.13.